The van der Waals surface area contributed by atoms with Crippen molar-refractivity contribution in [1.29, 1.82) is 0 Å². The number of hydrogen-bond donors (Lipinski definition) is 16. The SMILES string of the molecule is C=P(C)(C)CC[C@H]1OC(n2cc(CC(C)=O)c(=O)[nH]c2=O)[C@H](O)[C@@H]1O.C=P(C)(C)CC[C@H]1OC(n2cc(CC(C)=O)c(=O)[nH]c2=O)[C@H](OC)[C@@H]1O.C=P(C)(C)CC[C@H]1OC(n2cc(CC(C)=O)c(=O)[nH]c2=S)[C@H](O)[C@@H]1O.C=P(C)(C)CC[C@H]1OC(n2cc(CNC)c(=O)[nH]c2=O)[C@H](O)[C@@H]1O.C=P(C)(C)CC[C@H]1OC(n2cc(CNC)c(=O)[nH]c2=S)[C@H](O)[C@@H]1O. The van der Waals surface area contributed by atoms with E-state index in [2.05, 4.69) is 134 Å². The fraction of sp³-hybridized carbons (Fsp3) is 0.646. The molecule has 20 atom stereocenters. The van der Waals surface area contributed by atoms with E-state index in [0.717, 1.165) is 39.9 Å². The summed E-state index contributed by atoms with van der Waals surface area (Å²) in [5.74, 6) is -0.597. The van der Waals surface area contributed by atoms with Crippen LogP contribution in [0.5, 0.6) is 0 Å². The van der Waals surface area contributed by atoms with Gasteiger partial charge in [-0.2, -0.15) is 0 Å². The van der Waals surface area contributed by atoms with E-state index in [1.165, 1.54) is 66.4 Å². The second kappa shape index (κ2) is 45.6. The van der Waals surface area contributed by atoms with Crippen LogP contribution in [-0.2, 0) is 75.2 Å². The monoisotopic (exact) mass is 1880 g/mol. The number of rotatable bonds is 31. The molecule has 0 radical (unpaired) electrons. The summed E-state index contributed by atoms with van der Waals surface area (Å²) in [6.07, 6.45) is 15.9. The molecule has 38 nitrogen and oxygen atoms in total. The van der Waals surface area contributed by atoms with Gasteiger partial charge in [-0.3, -0.25) is 86.1 Å². The predicted octanol–water partition coefficient (Wildman–Crippen LogP) is -0.499. The molecule has 5 aliphatic heterocycles. The fourth-order valence-electron chi connectivity index (χ4n) is 14.0. The summed E-state index contributed by atoms with van der Waals surface area (Å²) in [7, 11) is 4.84. The molecule has 5 unspecified atom stereocenters. The maximum Gasteiger partial charge on any atom is 0.330 e. The summed E-state index contributed by atoms with van der Waals surface area (Å²) >= 11 is 10.3. The third-order valence-electron chi connectivity index (χ3n) is 20.7. The number of ether oxygens (including phenoxy) is 6. The van der Waals surface area contributed by atoms with E-state index >= 15 is 0 Å². The van der Waals surface area contributed by atoms with Crippen LogP contribution in [0.25, 0.3) is 0 Å². The molecule has 0 bridgehead atoms. The second-order valence-corrected chi connectivity index (χ2v) is 57.8. The number of aromatic amines is 5. The summed E-state index contributed by atoms with van der Waals surface area (Å²) in [4.78, 5) is 141. The lowest BCUT2D eigenvalue weighted by Gasteiger charge is -2.20. The molecule has 5 aromatic rings. The second-order valence-electron chi connectivity index (χ2n) is 35.5. The van der Waals surface area contributed by atoms with Crippen molar-refractivity contribution in [2.24, 2.45) is 0 Å². The van der Waals surface area contributed by atoms with Gasteiger partial charge in [0.15, 0.2) is 40.7 Å². The van der Waals surface area contributed by atoms with Crippen LogP contribution >= 0.6 is 58.9 Å². The standard InChI is InChI=1S/C17H27N2O6P.C16H25N2O6P.C16H25N2O5PS.C15H26N3O5P.C15H26N3O4PS/c1-10(20)8-11-9-19(17(23)18-15(11)22)16-14(24-2)13(21)12(25-16)6-7-26(3,4)5;1-9(19)7-10-8-18(16(23)17-14(10)22)15-13(21)12(20)11(24-15)5-6-25(2,3)4;1-9(19)7-10-8-18(16(25)17-14(10)22)15-13(21)12(20)11(23-15)5-6-24(2,3)4;1-16-7-9-8-18(15(22)17-13(9)21)14-12(20)11(19)10(23-14)5-6-24(2,3)4;1-16-7-9-8-18(15(24)17-13(9)21)14-12(20)11(19)10(22-14)5-6-23(2,3)4/h9,12-14,16,21H,3,6-8H2,1-2,4-5H3,(H,18,22,23);8,11-13,15,20-21H,2,5-7H2,1,3-4H3,(H,17,22,23);8,11-13,15,20-21H,2,5-7H2,1,3-4H3,(H,17,22,25);8,10-12,14,16,19-20H,2,5-7H2,1,3-4H3,(H,17,21,22);8,10-12,14,16,19-20H,2,5-7H2,1,3-4H3,(H,17,21,24)/t12-,13-,14-,16?;2*11-,12-,13-,15?;2*10-,11-,12-,14?/m11111/s1. The van der Waals surface area contributed by atoms with Crippen molar-refractivity contribution >= 4 is 108 Å². The van der Waals surface area contributed by atoms with Gasteiger partial charge >= 0.3 is 17.1 Å². The number of H-pyrrole nitrogens is 5. The van der Waals surface area contributed by atoms with E-state index in [9.17, 15) is 98.7 Å². The minimum Gasteiger partial charge on any atom is -0.388 e. The average molecular weight is 1880 g/mol. The molecule has 5 saturated heterocycles. The van der Waals surface area contributed by atoms with Crippen molar-refractivity contribution in [3.63, 3.8) is 0 Å². The molecule has 10 heterocycles. The van der Waals surface area contributed by atoms with Crippen molar-refractivity contribution in [1.82, 2.24) is 58.4 Å². The Morgan fingerprint density at radius 3 is 0.831 bits per heavy atom. The number of aromatic nitrogens is 10. The van der Waals surface area contributed by atoms with Crippen molar-refractivity contribution in [3.8, 4) is 0 Å². The van der Waals surface area contributed by atoms with Gasteiger partial charge in [-0.15, -0.1) is 65.9 Å². The molecule has 5 fully saturated rings. The summed E-state index contributed by atoms with van der Waals surface area (Å²) in [6.45, 7) is 19.2. The summed E-state index contributed by atoms with van der Waals surface area (Å²) in [5.41, 5.74) is -3.25. The highest BCUT2D eigenvalue weighted by Crippen LogP contribution is 2.45. The molecule has 45 heteroatoms. The largest absolute Gasteiger partial charge is 0.388 e. The van der Waals surface area contributed by atoms with Gasteiger partial charge in [-0.05, 0) is 189 Å². The number of nitrogens with one attached hydrogen (secondary N) is 7. The molecule has 10 rings (SSSR count). The van der Waals surface area contributed by atoms with Gasteiger partial charge < -0.3 is 85.0 Å². The van der Waals surface area contributed by atoms with E-state index < -0.39 is 196 Å². The van der Waals surface area contributed by atoms with Crippen LogP contribution in [0.4, 0.5) is 0 Å². The Balaban J connectivity index is 0.000000240. The molecular weight excluding hydrogens is 1750 g/mol. The minimum atomic E-state index is -1.32. The Hall–Kier alpha value is -5.93. The third-order valence-corrected chi connectivity index (χ3v) is 28.6. The average Bonchev–Trinajstić information content (AvgIpc) is 1.65. The Morgan fingerprint density at radius 1 is 0.363 bits per heavy atom. The molecule has 5 aromatic heterocycles. The van der Waals surface area contributed by atoms with Crippen LogP contribution in [0.1, 0.15) is 112 Å². The van der Waals surface area contributed by atoms with Gasteiger partial charge in [-0.1, -0.05) is 0 Å². The first-order chi connectivity index (χ1) is 57.3. The Morgan fingerprint density at radius 2 is 0.573 bits per heavy atom. The highest BCUT2D eigenvalue weighted by atomic mass is 32.1. The van der Waals surface area contributed by atoms with Crippen LogP contribution in [0, 0.1) is 9.54 Å². The molecule has 698 valence electrons. The Bertz CT molecular complexity index is 5190. The van der Waals surface area contributed by atoms with E-state index in [0.29, 0.717) is 49.8 Å². The normalized spacial score (nSPS) is 26.9. The maximum absolute atomic E-state index is 12.3. The molecule has 0 aliphatic carbocycles. The van der Waals surface area contributed by atoms with Crippen molar-refractivity contribution in [2.45, 2.75) is 208 Å². The molecule has 0 aromatic carbocycles. The fourth-order valence-corrected chi connectivity index (χ4v) is 19.3. The first-order valence-electron chi connectivity index (χ1n) is 40.1. The van der Waals surface area contributed by atoms with Crippen molar-refractivity contribution < 1.29 is 88.8 Å². The highest BCUT2D eigenvalue weighted by molar-refractivity contribution is 7.73. The molecule has 124 heavy (non-hydrogen) atoms. The van der Waals surface area contributed by atoms with Gasteiger partial charge in [0, 0.05) is 98.3 Å². The van der Waals surface area contributed by atoms with Gasteiger partial charge in [0.25, 0.3) is 27.8 Å². The lowest BCUT2D eigenvalue weighted by molar-refractivity contribution is -0.117. The quantitative estimate of drug-likeness (QED) is 0.0196. The van der Waals surface area contributed by atoms with Gasteiger partial charge in [0.1, 0.15) is 78.4 Å². The number of nitrogens with zero attached hydrogens (tertiary/aromatic N) is 5. The lowest BCUT2D eigenvalue weighted by atomic mass is 10.1. The number of Topliss-reactive ketones (excluding diaryl/α,β-unsaturated/α-hetero) is 3. The summed E-state index contributed by atoms with van der Waals surface area (Å²) in [5, 5.41) is 98.6. The van der Waals surface area contributed by atoms with Crippen molar-refractivity contribution in [2.75, 3.05) is 119 Å². The van der Waals surface area contributed by atoms with Gasteiger partial charge in [-0.25, -0.2) is 14.4 Å². The zero-order valence-electron chi connectivity index (χ0n) is 73.3. The lowest BCUT2D eigenvalue weighted by Crippen LogP contribution is -2.39. The van der Waals surface area contributed by atoms with Crippen molar-refractivity contribution in [3.05, 3.63) is 152 Å². The topological polar surface area (TPSA) is 553 Å². The number of methoxy groups -OCH3 is 1. The van der Waals surface area contributed by atoms with Crippen LogP contribution in [0.2, 0.25) is 0 Å². The van der Waals surface area contributed by atoms with Crippen LogP contribution in [0.3, 0.4) is 0 Å². The number of hydrogen-bond acceptors (Lipinski definition) is 30. The molecular formula is C79H129N12O26P5S2. The van der Waals surface area contributed by atoms with Crippen LogP contribution in [0.15, 0.2) is 69.3 Å². The van der Waals surface area contributed by atoms with E-state index in [1.807, 2.05) is 0 Å². The predicted molar refractivity (Wildman–Crippen MR) is 496 cm³/mol. The number of aliphatic hydroxyl groups excluding tert-OH is 9. The third kappa shape index (κ3) is 30.6. The molecule has 16 N–H and O–H groups in total. The Labute approximate surface area is 729 Å². The van der Waals surface area contributed by atoms with Crippen LogP contribution in [-0.4, -0.2) is 353 Å². The summed E-state index contributed by atoms with van der Waals surface area (Å²) in [6, 6.07) is 0. The number of aliphatic hydroxyl groups is 9. The molecule has 0 saturated carbocycles. The first-order valence-corrected chi connectivity index (χ1v) is 56.2. The van der Waals surface area contributed by atoms with E-state index in [4.69, 9.17) is 52.9 Å². The highest BCUT2D eigenvalue weighted by Gasteiger charge is 2.49. The number of carbonyl (C=O) groups excluding carboxylic acids is 3. The number of ketones is 3. The van der Waals surface area contributed by atoms with Gasteiger partial charge in [0.2, 0.25) is 0 Å². The van der Waals surface area contributed by atoms with Gasteiger partial charge in [0.05, 0.1) is 30.5 Å². The zero-order chi connectivity index (χ0) is 93.7. The maximum atomic E-state index is 12.3. The molecule has 5 aliphatic rings. The van der Waals surface area contributed by atoms with Crippen LogP contribution < -0.4 is 55.5 Å². The first kappa shape index (κ1) is 107. The molecule has 0 amide bonds. The minimum absolute atomic E-state index is 0.0417. The van der Waals surface area contributed by atoms with E-state index in [-0.39, 0.29) is 74.9 Å². The smallest absolute Gasteiger partial charge is 0.330 e. The molecule has 0 spiro atoms. The Kier molecular flexibility index (Phi) is 39.2. The van der Waals surface area contributed by atoms with E-state index in [1.54, 1.807) is 20.3 Å². The zero-order valence-corrected chi connectivity index (χ0v) is 79.4. The number of carbonyl (C=O) groups is 3. The summed E-state index contributed by atoms with van der Waals surface area (Å²) < 4.78 is 40.8.